The predicted molar refractivity (Wildman–Crippen MR) is 85.2 cm³/mol. The van der Waals surface area contributed by atoms with Crippen LogP contribution in [-0.4, -0.2) is 54.6 Å². The fourth-order valence-electron chi connectivity index (χ4n) is 4.30. The lowest BCUT2D eigenvalue weighted by Gasteiger charge is -2.40. The number of cyclic esters (lactones) is 1. The molecule has 5 heteroatoms. The first kappa shape index (κ1) is 14.5. The van der Waals surface area contributed by atoms with Crippen molar-refractivity contribution in [3.8, 4) is 0 Å². The highest BCUT2D eigenvalue weighted by atomic mass is 16.6. The van der Waals surface area contributed by atoms with Gasteiger partial charge in [0.05, 0.1) is 6.54 Å². The summed E-state index contributed by atoms with van der Waals surface area (Å²) in [6.45, 7) is 2.65. The van der Waals surface area contributed by atoms with Gasteiger partial charge in [0, 0.05) is 13.1 Å². The van der Waals surface area contributed by atoms with Crippen molar-refractivity contribution in [2.24, 2.45) is 0 Å². The van der Waals surface area contributed by atoms with Crippen molar-refractivity contribution in [1.82, 2.24) is 9.80 Å². The van der Waals surface area contributed by atoms with Crippen LogP contribution in [0.25, 0.3) is 0 Å². The first-order valence-corrected chi connectivity index (χ1v) is 8.46. The van der Waals surface area contributed by atoms with Crippen molar-refractivity contribution in [2.45, 2.75) is 31.1 Å². The number of nitrogens with zero attached hydrogens (tertiary/aromatic N) is 2. The van der Waals surface area contributed by atoms with Gasteiger partial charge in [-0.05, 0) is 42.2 Å². The van der Waals surface area contributed by atoms with E-state index in [1.165, 1.54) is 22.4 Å². The zero-order chi connectivity index (χ0) is 15.9. The average Bonchev–Trinajstić information content (AvgIpc) is 3.14. The Morgan fingerprint density at radius 1 is 1.13 bits per heavy atom. The van der Waals surface area contributed by atoms with E-state index in [4.69, 9.17) is 4.74 Å². The van der Waals surface area contributed by atoms with Crippen LogP contribution in [0.4, 0.5) is 4.79 Å². The second kappa shape index (κ2) is 5.55. The van der Waals surface area contributed by atoms with Gasteiger partial charge >= 0.3 is 6.09 Å². The number of amides is 2. The fourth-order valence-corrected chi connectivity index (χ4v) is 4.30. The van der Waals surface area contributed by atoms with Crippen molar-refractivity contribution < 1.29 is 14.3 Å². The number of carbonyl (C=O) groups excluding carboxylic acids is 2. The average molecular weight is 314 g/mol. The number of benzene rings is 1. The largest absolute Gasteiger partial charge is 0.448 e. The summed E-state index contributed by atoms with van der Waals surface area (Å²) in [7, 11) is 0. The van der Waals surface area contributed by atoms with E-state index in [1.54, 1.807) is 0 Å². The van der Waals surface area contributed by atoms with Gasteiger partial charge in [0.25, 0.3) is 0 Å². The van der Waals surface area contributed by atoms with E-state index in [9.17, 15) is 9.59 Å². The molecule has 2 fully saturated rings. The molecule has 1 spiro atoms. The summed E-state index contributed by atoms with van der Waals surface area (Å²) < 4.78 is 4.89. The number of fused-ring (bicyclic) bond motifs is 2. The Balaban J connectivity index is 1.40. The van der Waals surface area contributed by atoms with Crippen molar-refractivity contribution in [1.29, 1.82) is 0 Å². The molecule has 2 saturated heterocycles. The maximum absolute atomic E-state index is 12.4. The van der Waals surface area contributed by atoms with Crippen LogP contribution in [-0.2, 0) is 21.4 Å². The Morgan fingerprint density at radius 2 is 1.91 bits per heavy atom. The molecule has 0 unspecified atom stereocenters. The molecule has 0 saturated carbocycles. The molecule has 2 aliphatic heterocycles. The molecule has 122 valence electrons. The Bertz CT molecular complexity index is 635. The lowest BCUT2D eigenvalue weighted by molar-refractivity contribution is -0.133. The monoisotopic (exact) mass is 314 g/mol. The summed E-state index contributed by atoms with van der Waals surface area (Å²) >= 11 is 0. The molecule has 0 bridgehead atoms. The minimum absolute atomic E-state index is 0.0463. The minimum Gasteiger partial charge on any atom is -0.448 e. The molecule has 2 heterocycles. The number of aryl methyl sites for hydroxylation is 1. The number of ether oxygens (including phenoxy) is 1. The molecule has 5 nitrogen and oxygen atoms in total. The van der Waals surface area contributed by atoms with E-state index in [0.29, 0.717) is 13.2 Å². The summed E-state index contributed by atoms with van der Waals surface area (Å²) in [6, 6.07) is 8.74. The van der Waals surface area contributed by atoms with Crippen molar-refractivity contribution in [2.75, 3.05) is 32.8 Å². The van der Waals surface area contributed by atoms with Crippen LogP contribution in [0.15, 0.2) is 24.3 Å². The minimum atomic E-state index is -0.364. The fraction of sp³-hybridized carbons (Fsp3) is 0.556. The number of hydrogen-bond acceptors (Lipinski definition) is 3. The van der Waals surface area contributed by atoms with Crippen LogP contribution in [0.3, 0.4) is 0 Å². The number of piperidine rings is 1. The molecular weight excluding hydrogens is 292 g/mol. The van der Waals surface area contributed by atoms with E-state index in [-0.39, 0.29) is 24.0 Å². The molecule has 1 aromatic carbocycles. The molecule has 1 aliphatic carbocycles. The number of hydrogen-bond donors (Lipinski definition) is 0. The summed E-state index contributed by atoms with van der Waals surface area (Å²) in [5, 5.41) is 0. The maximum atomic E-state index is 12.4. The van der Waals surface area contributed by atoms with Crippen molar-refractivity contribution >= 4 is 12.0 Å². The molecule has 1 aromatic rings. The lowest BCUT2D eigenvalue weighted by atomic mass is 9.74. The van der Waals surface area contributed by atoms with Crippen LogP contribution in [0.1, 0.15) is 30.4 Å². The lowest BCUT2D eigenvalue weighted by Crippen LogP contribution is -2.47. The number of rotatable bonds is 2. The third-order valence-corrected chi connectivity index (χ3v) is 5.71. The van der Waals surface area contributed by atoms with E-state index in [2.05, 4.69) is 24.3 Å². The van der Waals surface area contributed by atoms with Crippen LogP contribution < -0.4 is 0 Å². The van der Waals surface area contributed by atoms with Crippen LogP contribution in [0, 0.1) is 0 Å². The zero-order valence-corrected chi connectivity index (χ0v) is 13.3. The van der Waals surface area contributed by atoms with E-state index in [1.807, 2.05) is 4.90 Å². The van der Waals surface area contributed by atoms with Gasteiger partial charge in [-0.2, -0.15) is 0 Å². The van der Waals surface area contributed by atoms with E-state index >= 15 is 0 Å². The number of likely N-dealkylation sites (tertiary alicyclic amines) is 1. The molecule has 0 aromatic heterocycles. The van der Waals surface area contributed by atoms with Gasteiger partial charge in [0.2, 0.25) is 5.91 Å². The molecule has 0 radical (unpaired) electrons. The second-order valence-electron chi connectivity index (χ2n) is 6.85. The highest BCUT2D eigenvalue weighted by Gasteiger charge is 2.41. The van der Waals surface area contributed by atoms with Gasteiger partial charge in [-0.3, -0.25) is 9.69 Å². The molecule has 23 heavy (non-hydrogen) atoms. The van der Waals surface area contributed by atoms with Crippen LogP contribution in [0.2, 0.25) is 0 Å². The Morgan fingerprint density at radius 3 is 2.65 bits per heavy atom. The Hall–Kier alpha value is -2.04. The Labute approximate surface area is 136 Å². The molecular formula is C18H22N2O3. The van der Waals surface area contributed by atoms with Gasteiger partial charge in [-0.25, -0.2) is 4.79 Å². The topological polar surface area (TPSA) is 49.9 Å². The molecule has 3 aliphatic rings. The summed E-state index contributed by atoms with van der Waals surface area (Å²) in [5.41, 5.74) is 3.24. The molecule has 0 N–H and O–H groups in total. The summed E-state index contributed by atoms with van der Waals surface area (Å²) in [6.07, 6.45) is 4.05. The normalized spacial score (nSPS) is 22.3. The van der Waals surface area contributed by atoms with E-state index in [0.717, 1.165) is 32.4 Å². The van der Waals surface area contributed by atoms with Crippen molar-refractivity contribution in [3.05, 3.63) is 35.4 Å². The zero-order valence-electron chi connectivity index (χ0n) is 13.3. The van der Waals surface area contributed by atoms with Crippen LogP contribution in [0.5, 0.6) is 0 Å². The molecule has 4 rings (SSSR count). The Kier molecular flexibility index (Phi) is 3.51. The predicted octanol–water partition coefficient (Wildman–Crippen LogP) is 1.95. The smallest absolute Gasteiger partial charge is 0.410 e. The first-order valence-electron chi connectivity index (χ1n) is 8.46. The summed E-state index contributed by atoms with van der Waals surface area (Å²) in [5.74, 6) is 0.0463. The van der Waals surface area contributed by atoms with Gasteiger partial charge in [-0.1, -0.05) is 24.3 Å². The summed E-state index contributed by atoms with van der Waals surface area (Å²) in [4.78, 5) is 27.3. The molecule has 0 atom stereocenters. The number of carbonyl (C=O) groups is 2. The quantitative estimate of drug-likeness (QED) is 0.838. The van der Waals surface area contributed by atoms with Gasteiger partial charge in [-0.15, -0.1) is 0 Å². The van der Waals surface area contributed by atoms with Crippen LogP contribution >= 0.6 is 0 Å². The van der Waals surface area contributed by atoms with Gasteiger partial charge in [0.1, 0.15) is 13.2 Å². The molecule has 2 amide bonds. The first-order chi connectivity index (χ1) is 11.2. The highest BCUT2D eigenvalue weighted by Crippen LogP contribution is 2.46. The third-order valence-electron chi connectivity index (χ3n) is 5.71. The second-order valence-corrected chi connectivity index (χ2v) is 6.85. The SMILES string of the molecule is O=C(CN1CCOC1=O)N1CCC2(CCc3ccccc32)CC1. The van der Waals surface area contributed by atoms with Gasteiger partial charge in [0.15, 0.2) is 0 Å². The maximum Gasteiger partial charge on any atom is 0.410 e. The van der Waals surface area contributed by atoms with E-state index < -0.39 is 0 Å². The van der Waals surface area contributed by atoms with Crippen molar-refractivity contribution in [3.63, 3.8) is 0 Å². The van der Waals surface area contributed by atoms with Gasteiger partial charge < -0.3 is 9.64 Å². The highest BCUT2D eigenvalue weighted by molar-refractivity contribution is 5.83. The third kappa shape index (κ3) is 2.48. The standard InChI is InChI=1S/C18H22N2O3/c21-16(13-20-11-12-23-17(20)22)19-9-7-18(8-10-19)6-5-14-3-1-2-4-15(14)18/h1-4H,5-13H2.